The van der Waals surface area contributed by atoms with E-state index < -0.39 is 11.4 Å². The lowest BCUT2D eigenvalue weighted by Crippen LogP contribution is -2.32. The molecule has 4 aromatic heterocycles. The number of nitrogens with one attached hydrogen (secondary N) is 1. The van der Waals surface area contributed by atoms with Crippen molar-refractivity contribution in [3.05, 3.63) is 89.1 Å². The van der Waals surface area contributed by atoms with E-state index in [1.54, 1.807) is 18.5 Å². The average Bonchev–Trinajstić information content (AvgIpc) is 3.53. The van der Waals surface area contributed by atoms with Gasteiger partial charge in [0.05, 0.1) is 28.6 Å². The van der Waals surface area contributed by atoms with Crippen molar-refractivity contribution in [1.29, 1.82) is 0 Å². The molecule has 1 unspecified atom stereocenters. The Morgan fingerprint density at radius 1 is 1.12 bits per heavy atom. The van der Waals surface area contributed by atoms with Crippen molar-refractivity contribution in [3.63, 3.8) is 0 Å². The van der Waals surface area contributed by atoms with Gasteiger partial charge in [-0.25, -0.2) is 19.3 Å². The minimum absolute atomic E-state index is 0.113. The van der Waals surface area contributed by atoms with Crippen LogP contribution in [0.2, 0.25) is 0 Å². The normalized spacial score (nSPS) is 15.5. The van der Waals surface area contributed by atoms with Gasteiger partial charge < -0.3 is 14.6 Å². The first-order valence-electron chi connectivity index (χ1n) is 11.0. The second-order valence-corrected chi connectivity index (χ2v) is 8.66. The van der Waals surface area contributed by atoms with Crippen LogP contribution in [-0.4, -0.2) is 35.2 Å². The molecule has 170 valence electrons. The number of halogens is 1. The van der Waals surface area contributed by atoms with Gasteiger partial charge in [-0.2, -0.15) is 0 Å². The summed E-state index contributed by atoms with van der Waals surface area (Å²) in [6.45, 7) is 3.71. The number of aromatic amines is 1. The van der Waals surface area contributed by atoms with Gasteiger partial charge in [0.2, 0.25) is 0 Å². The van der Waals surface area contributed by atoms with Crippen LogP contribution < -0.4 is 0 Å². The summed E-state index contributed by atoms with van der Waals surface area (Å²) in [6, 6.07) is 8.18. The maximum Gasteiger partial charge on any atom is 0.194 e. The summed E-state index contributed by atoms with van der Waals surface area (Å²) in [5.41, 5.74) is 2.42. The van der Waals surface area contributed by atoms with Crippen molar-refractivity contribution in [2.24, 2.45) is 0 Å². The Kier molecular flexibility index (Phi) is 4.56. The zero-order valence-electron chi connectivity index (χ0n) is 18.6. The number of hydrogen-bond acceptors (Lipinski definition) is 7. The molecule has 1 aliphatic rings. The van der Waals surface area contributed by atoms with Gasteiger partial charge in [0.1, 0.15) is 17.4 Å². The number of fused-ring (bicyclic) bond motifs is 1. The van der Waals surface area contributed by atoms with Crippen LogP contribution in [0.1, 0.15) is 53.1 Å². The molecular formula is C25H21FN6O2. The lowest BCUT2D eigenvalue weighted by atomic mass is 9.85. The molecule has 5 aromatic rings. The third-order valence-electron chi connectivity index (χ3n) is 6.27. The first-order chi connectivity index (χ1) is 16.4. The summed E-state index contributed by atoms with van der Waals surface area (Å²) < 4.78 is 19.2. The molecule has 0 radical (unpaired) electrons. The van der Waals surface area contributed by atoms with E-state index in [4.69, 9.17) is 9.51 Å². The molecule has 0 amide bonds. The topological polar surface area (TPSA) is 114 Å². The van der Waals surface area contributed by atoms with Crippen LogP contribution in [0, 0.1) is 19.7 Å². The van der Waals surface area contributed by atoms with E-state index in [0.717, 1.165) is 47.2 Å². The maximum absolute atomic E-state index is 13.8. The van der Waals surface area contributed by atoms with Crippen LogP contribution in [0.15, 0.2) is 53.4 Å². The minimum atomic E-state index is -1.89. The molecule has 0 spiro atoms. The van der Waals surface area contributed by atoms with E-state index in [1.165, 1.54) is 12.1 Å². The molecule has 0 aliphatic heterocycles. The van der Waals surface area contributed by atoms with Gasteiger partial charge in [-0.3, -0.25) is 4.98 Å². The molecule has 6 rings (SSSR count). The predicted molar refractivity (Wildman–Crippen MR) is 121 cm³/mol. The average molecular weight is 456 g/mol. The second-order valence-electron chi connectivity index (χ2n) is 8.66. The molecule has 2 N–H and O–H groups in total. The van der Waals surface area contributed by atoms with Gasteiger partial charge in [-0.1, -0.05) is 5.16 Å². The highest BCUT2D eigenvalue weighted by molar-refractivity contribution is 5.88. The van der Waals surface area contributed by atoms with Gasteiger partial charge >= 0.3 is 0 Å². The van der Waals surface area contributed by atoms with Crippen molar-refractivity contribution in [2.45, 2.75) is 38.2 Å². The molecular weight excluding hydrogens is 435 g/mol. The molecule has 0 bridgehead atoms. The van der Waals surface area contributed by atoms with Gasteiger partial charge in [0.25, 0.3) is 0 Å². The lowest BCUT2D eigenvalue weighted by molar-refractivity contribution is 0.112. The third kappa shape index (κ3) is 3.19. The Balaban J connectivity index is 1.69. The number of imidazole rings is 1. The Labute approximate surface area is 193 Å². The zero-order chi connectivity index (χ0) is 23.4. The molecule has 0 saturated heterocycles. The molecule has 34 heavy (non-hydrogen) atoms. The maximum atomic E-state index is 13.8. The van der Waals surface area contributed by atoms with Gasteiger partial charge in [-0.05, 0) is 62.6 Å². The van der Waals surface area contributed by atoms with Crippen molar-refractivity contribution in [1.82, 2.24) is 30.1 Å². The molecule has 1 fully saturated rings. The SMILES string of the molecule is Cc1noc(C)c1-c1cc(C(O)(c2ccc(F)cn2)c2ncccn2)c2nc(C3CC3)[nH]c2c1. The first-order valence-corrected chi connectivity index (χ1v) is 11.0. The largest absolute Gasteiger partial charge is 0.372 e. The smallest absolute Gasteiger partial charge is 0.194 e. The van der Waals surface area contributed by atoms with Gasteiger partial charge in [0.15, 0.2) is 11.4 Å². The zero-order valence-corrected chi connectivity index (χ0v) is 18.6. The number of hydrogen-bond donors (Lipinski definition) is 2. The van der Waals surface area contributed by atoms with Crippen LogP contribution in [0.5, 0.6) is 0 Å². The van der Waals surface area contributed by atoms with Gasteiger partial charge in [0, 0.05) is 29.4 Å². The first kappa shape index (κ1) is 20.6. The van der Waals surface area contributed by atoms with Crippen molar-refractivity contribution in [2.75, 3.05) is 0 Å². The summed E-state index contributed by atoms with van der Waals surface area (Å²) in [5, 5.41) is 16.4. The number of pyridine rings is 1. The van der Waals surface area contributed by atoms with E-state index in [9.17, 15) is 9.50 Å². The number of rotatable bonds is 5. The number of aliphatic hydroxyl groups is 1. The fraction of sp³-hybridized carbons (Fsp3) is 0.240. The second kappa shape index (κ2) is 7.53. The van der Waals surface area contributed by atoms with Crippen molar-refractivity contribution in [3.8, 4) is 11.1 Å². The quantitative estimate of drug-likeness (QED) is 0.405. The highest BCUT2D eigenvalue weighted by Crippen LogP contribution is 2.43. The molecule has 1 aromatic carbocycles. The van der Waals surface area contributed by atoms with E-state index >= 15 is 0 Å². The summed E-state index contributed by atoms with van der Waals surface area (Å²) in [4.78, 5) is 21.2. The summed E-state index contributed by atoms with van der Waals surface area (Å²) in [6.07, 6.45) is 6.30. The Bertz CT molecular complexity index is 1490. The Hall–Kier alpha value is -3.98. The Morgan fingerprint density at radius 2 is 1.91 bits per heavy atom. The summed E-state index contributed by atoms with van der Waals surface area (Å²) in [5.74, 6) is 1.50. The Morgan fingerprint density at radius 3 is 2.56 bits per heavy atom. The van der Waals surface area contributed by atoms with Gasteiger partial charge in [-0.15, -0.1) is 0 Å². The molecule has 1 atom stereocenters. The number of benzene rings is 1. The van der Waals surface area contributed by atoms with Crippen LogP contribution in [0.25, 0.3) is 22.2 Å². The summed E-state index contributed by atoms with van der Waals surface area (Å²) >= 11 is 0. The number of nitrogens with zero attached hydrogens (tertiary/aromatic N) is 5. The molecule has 9 heteroatoms. The fourth-order valence-electron chi connectivity index (χ4n) is 4.45. The fourth-order valence-corrected chi connectivity index (χ4v) is 4.45. The highest BCUT2D eigenvalue weighted by atomic mass is 19.1. The predicted octanol–water partition coefficient (Wildman–Crippen LogP) is 4.32. The van der Waals surface area contributed by atoms with E-state index in [-0.39, 0.29) is 11.5 Å². The van der Waals surface area contributed by atoms with E-state index in [0.29, 0.717) is 22.8 Å². The highest BCUT2D eigenvalue weighted by Gasteiger charge is 2.41. The molecule has 8 nitrogen and oxygen atoms in total. The van der Waals surface area contributed by atoms with E-state index in [1.807, 2.05) is 26.0 Å². The molecule has 1 saturated carbocycles. The van der Waals surface area contributed by atoms with Crippen LogP contribution >= 0.6 is 0 Å². The number of aromatic nitrogens is 6. The van der Waals surface area contributed by atoms with E-state index in [2.05, 4.69) is 25.1 Å². The summed E-state index contributed by atoms with van der Waals surface area (Å²) in [7, 11) is 0. The minimum Gasteiger partial charge on any atom is -0.372 e. The third-order valence-corrected chi connectivity index (χ3v) is 6.27. The van der Waals surface area contributed by atoms with Crippen molar-refractivity contribution < 1.29 is 14.0 Å². The number of aryl methyl sites for hydroxylation is 2. The standard InChI is InChI=1S/C25H21FN6O2/c1-13-21(14(2)34-32-13)16-10-18(22-19(11-16)30-23(31-22)15-4-5-15)25(33,24-27-8-3-9-28-24)20-7-6-17(26)12-29-20/h3,6-12,15,33H,4-5H2,1-2H3,(H,30,31). The lowest BCUT2D eigenvalue weighted by Gasteiger charge is -2.27. The van der Waals surface area contributed by atoms with Crippen LogP contribution in [0.3, 0.4) is 0 Å². The molecule has 4 heterocycles. The monoisotopic (exact) mass is 456 g/mol. The van der Waals surface area contributed by atoms with Crippen LogP contribution in [-0.2, 0) is 5.60 Å². The van der Waals surface area contributed by atoms with Crippen LogP contribution in [0.4, 0.5) is 4.39 Å². The van der Waals surface area contributed by atoms with Crippen molar-refractivity contribution >= 4 is 11.0 Å². The molecule has 1 aliphatic carbocycles. The number of H-pyrrole nitrogens is 1.